The molecule has 1 aliphatic heterocycles. The predicted octanol–water partition coefficient (Wildman–Crippen LogP) is 3.65. The third kappa shape index (κ3) is 4.04. The van der Waals surface area contributed by atoms with Crippen molar-refractivity contribution < 1.29 is 9.18 Å². The molecular formula is C18H26ClFN2O. The van der Waals surface area contributed by atoms with Crippen LogP contribution in [0.3, 0.4) is 0 Å². The molecule has 1 saturated heterocycles. The van der Waals surface area contributed by atoms with Crippen LogP contribution in [0.4, 0.5) is 4.39 Å². The van der Waals surface area contributed by atoms with Gasteiger partial charge >= 0.3 is 0 Å². The zero-order chi connectivity index (χ0) is 15.7. The fraction of sp³-hybridized carbons (Fsp3) is 0.611. The lowest BCUT2D eigenvalue weighted by atomic mass is 9.85. The Kier molecular flexibility index (Phi) is 6.04. The Balaban J connectivity index is 0.00000192. The normalized spacial score (nSPS) is 27.7. The first-order valence-electron chi connectivity index (χ1n) is 8.37. The van der Waals surface area contributed by atoms with Crippen molar-refractivity contribution in [1.82, 2.24) is 10.6 Å². The first-order chi connectivity index (χ1) is 10.5. The van der Waals surface area contributed by atoms with Crippen LogP contribution < -0.4 is 10.6 Å². The van der Waals surface area contributed by atoms with Gasteiger partial charge in [0.05, 0.1) is 12.1 Å². The van der Waals surface area contributed by atoms with Gasteiger partial charge in [-0.2, -0.15) is 0 Å². The number of halogens is 2. The lowest BCUT2D eigenvalue weighted by Gasteiger charge is -2.24. The molecule has 4 unspecified atom stereocenters. The minimum atomic E-state index is -0.219. The van der Waals surface area contributed by atoms with Gasteiger partial charge in [-0.3, -0.25) is 4.79 Å². The second-order valence-electron chi connectivity index (χ2n) is 6.84. The Morgan fingerprint density at radius 2 is 2.09 bits per heavy atom. The van der Waals surface area contributed by atoms with E-state index in [9.17, 15) is 9.18 Å². The molecule has 2 aliphatic rings. The highest BCUT2D eigenvalue weighted by Gasteiger charge is 2.38. The summed E-state index contributed by atoms with van der Waals surface area (Å²) in [4.78, 5) is 12.5. The summed E-state index contributed by atoms with van der Waals surface area (Å²) in [7, 11) is 0. The molecule has 1 amide bonds. The van der Waals surface area contributed by atoms with Gasteiger partial charge in [-0.05, 0) is 56.2 Å². The number of nitrogens with one attached hydrogen (secondary N) is 2. The highest BCUT2D eigenvalue weighted by molar-refractivity contribution is 5.85. The van der Waals surface area contributed by atoms with Crippen molar-refractivity contribution >= 4 is 18.3 Å². The van der Waals surface area contributed by atoms with E-state index in [4.69, 9.17) is 0 Å². The van der Waals surface area contributed by atoms with Crippen LogP contribution in [-0.2, 0) is 4.79 Å². The summed E-state index contributed by atoms with van der Waals surface area (Å²) in [6.07, 6.45) is 5.91. The molecule has 4 atom stereocenters. The summed E-state index contributed by atoms with van der Waals surface area (Å²) in [5.41, 5.74) is 1.44. The Morgan fingerprint density at radius 1 is 1.35 bits per heavy atom. The topological polar surface area (TPSA) is 41.1 Å². The Hall–Kier alpha value is -1.13. The largest absolute Gasteiger partial charge is 0.348 e. The molecule has 0 radical (unpaired) electrons. The minimum Gasteiger partial charge on any atom is -0.348 e. The van der Waals surface area contributed by atoms with Gasteiger partial charge in [-0.1, -0.05) is 25.0 Å². The van der Waals surface area contributed by atoms with Gasteiger partial charge in [0.1, 0.15) is 5.82 Å². The second kappa shape index (κ2) is 7.63. The molecule has 1 aliphatic carbocycles. The van der Waals surface area contributed by atoms with Gasteiger partial charge in [-0.15, -0.1) is 12.4 Å². The molecule has 2 N–H and O–H groups in total. The molecule has 23 heavy (non-hydrogen) atoms. The van der Waals surface area contributed by atoms with Crippen LogP contribution in [0.1, 0.15) is 56.2 Å². The number of hydrogen-bond donors (Lipinski definition) is 2. The maximum atomic E-state index is 13.7. The maximum Gasteiger partial charge on any atom is 0.237 e. The fourth-order valence-corrected chi connectivity index (χ4v) is 3.80. The highest BCUT2D eigenvalue weighted by atomic mass is 35.5. The Labute approximate surface area is 143 Å². The summed E-state index contributed by atoms with van der Waals surface area (Å²) < 4.78 is 13.7. The van der Waals surface area contributed by atoms with Crippen LogP contribution in [0.5, 0.6) is 0 Å². The van der Waals surface area contributed by atoms with Gasteiger partial charge < -0.3 is 10.6 Å². The SMILES string of the molecule is Cc1ccc(C(C)NC(=O)C2CC3CCCCC3N2)cc1F.Cl. The van der Waals surface area contributed by atoms with E-state index in [0.717, 1.165) is 12.0 Å². The van der Waals surface area contributed by atoms with E-state index in [1.54, 1.807) is 13.0 Å². The fourth-order valence-electron chi connectivity index (χ4n) is 3.80. The van der Waals surface area contributed by atoms with E-state index >= 15 is 0 Å². The lowest BCUT2D eigenvalue weighted by Crippen LogP contribution is -2.43. The third-order valence-corrected chi connectivity index (χ3v) is 5.23. The average Bonchev–Trinajstić information content (AvgIpc) is 2.94. The molecule has 1 aromatic carbocycles. The Bertz CT molecular complexity index is 552. The van der Waals surface area contributed by atoms with Crippen molar-refractivity contribution in [2.75, 3.05) is 0 Å². The van der Waals surface area contributed by atoms with E-state index in [-0.39, 0.29) is 36.2 Å². The minimum absolute atomic E-state index is 0. The zero-order valence-corrected chi connectivity index (χ0v) is 14.6. The summed E-state index contributed by atoms with van der Waals surface area (Å²) >= 11 is 0. The van der Waals surface area contributed by atoms with E-state index < -0.39 is 0 Å². The molecule has 3 rings (SSSR count). The van der Waals surface area contributed by atoms with E-state index in [2.05, 4.69) is 10.6 Å². The lowest BCUT2D eigenvalue weighted by molar-refractivity contribution is -0.123. The molecule has 0 aromatic heterocycles. The smallest absolute Gasteiger partial charge is 0.237 e. The summed E-state index contributed by atoms with van der Waals surface area (Å²) in [5.74, 6) is 0.475. The average molecular weight is 341 g/mol. The predicted molar refractivity (Wildman–Crippen MR) is 92.2 cm³/mol. The van der Waals surface area contributed by atoms with Crippen molar-refractivity contribution in [1.29, 1.82) is 0 Å². The van der Waals surface area contributed by atoms with Crippen LogP contribution in [0.2, 0.25) is 0 Å². The zero-order valence-electron chi connectivity index (χ0n) is 13.8. The van der Waals surface area contributed by atoms with Crippen LogP contribution >= 0.6 is 12.4 Å². The molecule has 128 valence electrons. The van der Waals surface area contributed by atoms with Crippen LogP contribution in [-0.4, -0.2) is 18.0 Å². The monoisotopic (exact) mass is 340 g/mol. The quantitative estimate of drug-likeness (QED) is 0.881. The van der Waals surface area contributed by atoms with Crippen molar-refractivity contribution in [2.24, 2.45) is 5.92 Å². The van der Waals surface area contributed by atoms with Crippen molar-refractivity contribution in [2.45, 2.75) is 64.1 Å². The number of rotatable bonds is 3. The third-order valence-electron chi connectivity index (χ3n) is 5.23. The number of carbonyl (C=O) groups excluding carboxylic acids is 1. The second-order valence-corrected chi connectivity index (χ2v) is 6.84. The van der Waals surface area contributed by atoms with Gasteiger partial charge in [0.2, 0.25) is 5.91 Å². The highest BCUT2D eigenvalue weighted by Crippen LogP contribution is 2.33. The van der Waals surface area contributed by atoms with Crippen molar-refractivity contribution in [3.63, 3.8) is 0 Å². The molecule has 1 saturated carbocycles. The van der Waals surface area contributed by atoms with Gasteiger partial charge in [-0.25, -0.2) is 4.39 Å². The van der Waals surface area contributed by atoms with Gasteiger partial charge in [0.25, 0.3) is 0 Å². The molecule has 1 aromatic rings. The first-order valence-corrected chi connectivity index (χ1v) is 8.37. The standard InChI is InChI=1S/C18H25FN2O.ClH/c1-11-7-8-13(9-15(11)19)12(2)20-18(22)17-10-14-5-3-4-6-16(14)21-17;/h7-9,12,14,16-17,21H,3-6,10H2,1-2H3,(H,20,22);1H. The number of benzene rings is 1. The maximum absolute atomic E-state index is 13.7. The number of carbonyl (C=O) groups is 1. The first kappa shape index (κ1) is 18.2. The molecule has 1 heterocycles. The summed E-state index contributed by atoms with van der Waals surface area (Å²) in [5, 5.41) is 6.51. The van der Waals surface area contributed by atoms with Gasteiger partial charge in [0, 0.05) is 6.04 Å². The molecule has 5 heteroatoms. The van der Waals surface area contributed by atoms with E-state index in [0.29, 0.717) is 17.5 Å². The molecule has 2 fully saturated rings. The summed E-state index contributed by atoms with van der Waals surface area (Å²) in [6, 6.07) is 5.40. The van der Waals surface area contributed by atoms with Crippen LogP contribution in [0.25, 0.3) is 0 Å². The molecule has 3 nitrogen and oxygen atoms in total. The molecule has 0 spiro atoms. The van der Waals surface area contributed by atoms with E-state index in [1.165, 1.54) is 31.7 Å². The number of aryl methyl sites for hydroxylation is 1. The van der Waals surface area contributed by atoms with Gasteiger partial charge in [0.15, 0.2) is 0 Å². The van der Waals surface area contributed by atoms with Crippen molar-refractivity contribution in [3.8, 4) is 0 Å². The summed E-state index contributed by atoms with van der Waals surface area (Å²) in [6.45, 7) is 3.65. The molecule has 0 bridgehead atoms. The Morgan fingerprint density at radius 3 is 2.78 bits per heavy atom. The molecular weight excluding hydrogens is 315 g/mol. The van der Waals surface area contributed by atoms with Crippen molar-refractivity contribution in [3.05, 3.63) is 35.1 Å². The number of hydrogen-bond acceptors (Lipinski definition) is 2. The number of amides is 1. The van der Waals surface area contributed by atoms with Crippen LogP contribution in [0, 0.1) is 18.7 Å². The van der Waals surface area contributed by atoms with E-state index in [1.807, 2.05) is 13.0 Å². The number of fused-ring (bicyclic) bond motifs is 1. The van der Waals surface area contributed by atoms with Crippen LogP contribution in [0.15, 0.2) is 18.2 Å².